The van der Waals surface area contributed by atoms with Crippen molar-refractivity contribution in [3.63, 3.8) is 0 Å². The average molecular weight is 286 g/mol. The lowest BCUT2D eigenvalue weighted by atomic mass is 9.93. The van der Waals surface area contributed by atoms with E-state index in [1.54, 1.807) is 6.07 Å². The highest BCUT2D eigenvalue weighted by molar-refractivity contribution is 9.10. The molecule has 0 heterocycles. The molecule has 16 heavy (non-hydrogen) atoms. The van der Waals surface area contributed by atoms with Crippen LogP contribution in [-0.4, -0.2) is 5.11 Å². The SMILES string of the molecule is CCCC(C#N)C(O)c1cc(Br)ccc1F. The highest BCUT2D eigenvalue weighted by atomic mass is 79.9. The molecular weight excluding hydrogens is 273 g/mol. The normalized spacial score (nSPS) is 14.2. The van der Waals surface area contributed by atoms with Crippen LogP contribution in [0.2, 0.25) is 0 Å². The summed E-state index contributed by atoms with van der Waals surface area (Å²) in [7, 11) is 0. The number of halogens is 2. The molecule has 1 rings (SSSR count). The summed E-state index contributed by atoms with van der Waals surface area (Å²) < 4.78 is 14.2. The summed E-state index contributed by atoms with van der Waals surface area (Å²) in [6.45, 7) is 1.92. The molecule has 0 saturated carbocycles. The van der Waals surface area contributed by atoms with Crippen molar-refractivity contribution in [2.45, 2.75) is 25.9 Å². The van der Waals surface area contributed by atoms with E-state index in [9.17, 15) is 9.50 Å². The molecule has 0 spiro atoms. The summed E-state index contributed by atoms with van der Waals surface area (Å²) in [5.74, 6) is -1.04. The number of nitriles is 1. The van der Waals surface area contributed by atoms with Gasteiger partial charge in [-0.05, 0) is 24.6 Å². The molecule has 4 heteroatoms. The molecule has 2 atom stereocenters. The van der Waals surface area contributed by atoms with E-state index in [-0.39, 0.29) is 5.56 Å². The molecule has 0 aliphatic carbocycles. The van der Waals surface area contributed by atoms with Crippen LogP contribution in [-0.2, 0) is 0 Å². The topological polar surface area (TPSA) is 44.0 Å². The van der Waals surface area contributed by atoms with Gasteiger partial charge in [0.05, 0.1) is 18.1 Å². The quantitative estimate of drug-likeness (QED) is 0.919. The maximum absolute atomic E-state index is 13.5. The monoisotopic (exact) mass is 285 g/mol. The lowest BCUT2D eigenvalue weighted by Crippen LogP contribution is -2.12. The van der Waals surface area contributed by atoms with Crippen LogP contribution in [0.1, 0.15) is 31.4 Å². The second-order valence-corrected chi connectivity index (χ2v) is 4.55. The summed E-state index contributed by atoms with van der Waals surface area (Å²) in [6, 6.07) is 6.37. The first kappa shape index (κ1) is 13.1. The summed E-state index contributed by atoms with van der Waals surface area (Å²) in [6.07, 6.45) is 0.275. The van der Waals surface area contributed by atoms with Crippen molar-refractivity contribution in [2.24, 2.45) is 5.92 Å². The Kier molecular flexibility index (Phi) is 4.91. The molecule has 2 unspecified atom stereocenters. The molecule has 1 aromatic carbocycles. The van der Waals surface area contributed by atoms with Gasteiger partial charge < -0.3 is 5.11 Å². The van der Waals surface area contributed by atoms with Gasteiger partial charge in [0.2, 0.25) is 0 Å². The Morgan fingerprint density at radius 3 is 2.81 bits per heavy atom. The molecule has 1 N–H and O–H groups in total. The van der Waals surface area contributed by atoms with E-state index in [1.807, 2.05) is 13.0 Å². The Hall–Kier alpha value is -0.920. The van der Waals surface area contributed by atoms with Crippen LogP contribution in [0.5, 0.6) is 0 Å². The van der Waals surface area contributed by atoms with E-state index in [0.717, 1.165) is 6.42 Å². The fourth-order valence-electron chi connectivity index (χ4n) is 1.56. The van der Waals surface area contributed by atoms with Crippen molar-refractivity contribution in [1.29, 1.82) is 5.26 Å². The van der Waals surface area contributed by atoms with Crippen LogP contribution in [0.15, 0.2) is 22.7 Å². The molecule has 0 fully saturated rings. The van der Waals surface area contributed by atoms with Crippen molar-refractivity contribution in [3.05, 3.63) is 34.1 Å². The zero-order chi connectivity index (χ0) is 12.1. The minimum Gasteiger partial charge on any atom is -0.387 e. The van der Waals surface area contributed by atoms with Crippen LogP contribution in [0.3, 0.4) is 0 Å². The minimum absolute atomic E-state index is 0.175. The smallest absolute Gasteiger partial charge is 0.129 e. The first-order valence-corrected chi connectivity index (χ1v) is 5.92. The highest BCUT2D eigenvalue weighted by Crippen LogP contribution is 2.29. The first-order chi connectivity index (χ1) is 7.60. The summed E-state index contributed by atoms with van der Waals surface area (Å²) >= 11 is 3.21. The molecule has 0 radical (unpaired) electrons. The van der Waals surface area contributed by atoms with Gasteiger partial charge in [0.25, 0.3) is 0 Å². The summed E-state index contributed by atoms with van der Waals surface area (Å²) in [5, 5.41) is 18.8. The van der Waals surface area contributed by atoms with Gasteiger partial charge in [-0.1, -0.05) is 29.3 Å². The second-order valence-electron chi connectivity index (χ2n) is 3.63. The average Bonchev–Trinajstić information content (AvgIpc) is 2.28. The molecule has 0 aliphatic rings. The first-order valence-electron chi connectivity index (χ1n) is 5.12. The van der Waals surface area contributed by atoms with Crippen LogP contribution in [0.25, 0.3) is 0 Å². The van der Waals surface area contributed by atoms with Crippen molar-refractivity contribution in [1.82, 2.24) is 0 Å². The number of hydrogen-bond acceptors (Lipinski definition) is 2. The lowest BCUT2D eigenvalue weighted by molar-refractivity contribution is 0.126. The Labute approximate surface area is 103 Å². The Bertz CT molecular complexity index is 402. The van der Waals surface area contributed by atoms with Gasteiger partial charge in [0, 0.05) is 10.0 Å². The number of aliphatic hydroxyl groups is 1. The van der Waals surface area contributed by atoms with Crippen molar-refractivity contribution in [3.8, 4) is 6.07 Å². The van der Waals surface area contributed by atoms with Crippen molar-refractivity contribution in [2.75, 3.05) is 0 Å². The van der Waals surface area contributed by atoms with Gasteiger partial charge in [0.15, 0.2) is 0 Å². The number of rotatable bonds is 4. The molecule has 0 amide bonds. The Balaban J connectivity index is 2.98. The largest absolute Gasteiger partial charge is 0.387 e. The highest BCUT2D eigenvalue weighted by Gasteiger charge is 2.22. The van der Waals surface area contributed by atoms with Crippen LogP contribution in [0, 0.1) is 23.1 Å². The molecule has 86 valence electrons. The van der Waals surface area contributed by atoms with Gasteiger partial charge >= 0.3 is 0 Å². The Morgan fingerprint density at radius 2 is 2.25 bits per heavy atom. The maximum Gasteiger partial charge on any atom is 0.129 e. The van der Waals surface area contributed by atoms with E-state index >= 15 is 0 Å². The van der Waals surface area contributed by atoms with Gasteiger partial charge in [-0.2, -0.15) is 5.26 Å². The van der Waals surface area contributed by atoms with Gasteiger partial charge in [-0.25, -0.2) is 4.39 Å². The molecule has 1 aromatic rings. The zero-order valence-electron chi connectivity index (χ0n) is 8.95. The van der Waals surface area contributed by atoms with Gasteiger partial charge in [-0.15, -0.1) is 0 Å². The second kappa shape index (κ2) is 5.97. The van der Waals surface area contributed by atoms with E-state index in [0.29, 0.717) is 10.9 Å². The van der Waals surface area contributed by atoms with Crippen molar-refractivity contribution >= 4 is 15.9 Å². The standard InChI is InChI=1S/C12H13BrFNO/c1-2-3-8(7-15)12(16)10-6-9(13)4-5-11(10)14/h4-6,8,12,16H,2-3H2,1H3. The molecule has 0 bridgehead atoms. The molecule has 2 nitrogen and oxygen atoms in total. The van der Waals surface area contributed by atoms with Crippen LogP contribution >= 0.6 is 15.9 Å². The maximum atomic E-state index is 13.5. The molecule has 0 aliphatic heterocycles. The summed E-state index contributed by atoms with van der Waals surface area (Å²) in [5.41, 5.74) is 0.175. The lowest BCUT2D eigenvalue weighted by Gasteiger charge is -2.17. The predicted octanol–water partition coefficient (Wildman–Crippen LogP) is 3.56. The van der Waals surface area contributed by atoms with Crippen molar-refractivity contribution < 1.29 is 9.50 Å². The number of aliphatic hydroxyl groups excluding tert-OH is 1. The van der Waals surface area contributed by atoms with E-state index < -0.39 is 17.8 Å². The van der Waals surface area contributed by atoms with E-state index in [2.05, 4.69) is 15.9 Å². The fourth-order valence-corrected chi connectivity index (χ4v) is 1.94. The third-order valence-corrected chi connectivity index (χ3v) is 2.92. The number of benzene rings is 1. The molecule has 0 saturated heterocycles. The zero-order valence-corrected chi connectivity index (χ0v) is 10.5. The Morgan fingerprint density at radius 1 is 1.56 bits per heavy atom. The minimum atomic E-state index is -1.07. The molecular formula is C12H13BrFNO. The molecule has 0 aromatic heterocycles. The fraction of sp³-hybridized carbons (Fsp3) is 0.417. The third kappa shape index (κ3) is 3.03. The predicted molar refractivity (Wildman–Crippen MR) is 63.1 cm³/mol. The summed E-state index contributed by atoms with van der Waals surface area (Å²) in [4.78, 5) is 0. The van der Waals surface area contributed by atoms with E-state index in [1.165, 1.54) is 12.1 Å². The van der Waals surface area contributed by atoms with Gasteiger partial charge in [-0.3, -0.25) is 0 Å². The van der Waals surface area contributed by atoms with Gasteiger partial charge in [0.1, 0.15) is 5.82 Å². The van der Waals surface area contributed by atoms with Crippen LogP contribution < -0.4 is 0 Å². The van der Waals surface area contributed by atoms with E-state index in [4.69, 9.17) is 5.26 Å². The number of hydrogen-bond donors (Lipinski definition) is 1. The third-order valence-electron chi connectivity index (χ3n) is 2.42. The number of nitrogens with zero attached hydrogens (tertiary/aromatic N) is 1. The van der Waals surface area contributed by atoms with Crippen LogP contribution in [0.4, 0.5) is 4.39 Å².